The molecule has 3 aromatic carbocycles. The highest BCUT2D eigenvalue weighted by Crippen LogP contribution is 2.32. The molecule has 0 aromatic heterocycles. The third-order valence-electron chi connectivity index (χ3n) is 5.89. The second kappa shape index (κ2) is 10.3. The SMILES string of the molecule is COc1ccc(OC(F)(F)F)cc1CN1CCNC(C(c2ccccc2)c2ccccc2)C1. The second-order valence-electron chi connectivity index (χ2n) is 8.12. The van der Waals surface area contributed by atoms with Crippen LogP contribution < -0.4 is 14.8 Å². The van der Waals surface area contributed by atoms with Gasteiger partial charge in [0.05, 0.1) is 7.11 Å². The van der Waals surface area contributed by atoms with Crippen LogP contribution in [-0.4, -0.2) is 44.0 Å². The van der Waals surface area contributed by atoms with Gasteiger partial charge < -0.3 is 14.8 Å². The van der Waals surface area contributed by atoms with Gasteiger partial charge in [-0.1, -0.05) is 60.7 Å². The van der Waals surface area contributed by atoms with Gasteiger partial charge in [0.25, 0.3) is 0 Å². The quantitative estimate of drug-likeness (QED) is 0.530. The average molecular weight is 457 g/mol. The molecule has 1 fully saturated rings. The Balaban J connectivity index is 1.56. The normalized spacial score (nSPS) is 17.2. The van der Waals surface area contributed by atoms with Crippen molar-refractivity contribution in [3.63, 3.8) is 0 Å². The number of ether oxygens (including phenoxy) is 2. The molecule has 0 bridgehead atoms. The van der Waals surface area contributed by atoms with Crippen molar-refractivity contribution >= 4 is 0 Å². The molecule has 7 heteroatoms. The number of benzene rings is 3. The molecule has 3 aromatic rings. The molecule has 0 amide bonds. The van der Waals surface area contributed by atoms with Crippen LogP contribution in [0.3, 0.4) is 0 Å². The maximum absolute atomic E-state index is 12.7. The number of nitrogens with one attached hydrogen (secondary N) is 1. The number of hydrogen-bond acceptors (Lipinski definition) is 4. The van der Waals surface area contributed by atoms with E-state index in [0.29, 0.717) is 17.9 Å². The minimum Gasteiger partial charge on any atom is -0.496 e. The topological polar surface area (TPSA) is 33.7 Å². The first-order chi connectivity index (χ1) is 15.9. The van der Waals surface area contributed by atoms with E-state index in [1.807, 2.05) is 36.4 Å². The van der Waals surface area contributed by atoms with Crippen LogP contribution in [0, 0.1) is 0 Å². The third-order valence-corrected chi connectivity index (χ3v) is 5.89. The smallest absolute Gasteiger partial charge is 0.496 e. The first kappa shape index (κ1) is 23.1. The standard InChI is InChI=1S/C26H27F3N2O2/c1-32-24-13-12-22(33-26(27,28)29)16-21(24)17-31-15-14-30-23(18-31)25(19-8-4-2-5-9-19)20-10-6-3-7-11-20/h2-13,16,23,25,30H,14-15,17-18H2,1H3. The molecule has 1 saturated heterocycles. The summed E-state index contributed by atoms with van der Waals surface area (Å²) in [6.45, 7) is 2.76. The molecule has 1 heterocycles. The molecule has 174 valence electrons. The van der Waals surface area contributed by atoms with Crippen LogP contribution in [0.5, 0.6) is 11.5 Å². The van der Waals surface area contributed by atoms with E-state index in [1.165, 1.54) is 36.4 Å². The van der Waals surface area contributed by atoms with Crippen LogP contribution in [0.4, 0.5) is 13.2 Å². The molecular formula is C26H27F3N2O2. The van der Waals surface area contributed by atoms with Gasteiger partial charge >= 0.3 is 6.36 Å². The monoisotopic (exact) mass is 456 g/mol. The fourth-order valence-electron chi connectivity index (χ4n) is 4.50. The summed E-state index contributed by atoms with van der Waals surface area (Å²) < 4.78 is 47.6. The number of piperazine rings is 1. The third kappa shape index (κ3) is 6.06. The molecular weight excluding hydrogens is 429 g/mol. The van der Waals surface area contributed by atoms with Gasteiger partial charge in [-0.15, -0.1) is 13.2 Å². The lowest BCUT2D eigenvalue weighted by Crippen LogP contribution is -2.52. The van der Waals surface area contributed by atoms with Crippen molar-refractivity contribution in [2.75, 3.05) is 26.7 Å². The predicted molar refractivity (Wildman–Crippen MR) is 121 cm³/mol. The zero-order valence-electron chi connectivity index (χ0n) is 18.4. The summed E-state index contributed by atoms with van der Waals surface area (Å²) in [5, 5.41) is 3.66. The predicted octanol–water partition coefficient (Wildman–Crippen LogP) is 5.20. The van der Waals surface area contributed by atoms with E-state index in [1.54, 1.807) is 0 Å². The highest BCUT2D eigenvalue weighted by molar-refractivity contribution is 5.40. The second-order valence-corrected chi connectivity index (χ2v) is 8.12. The van der Waals surface area contributed by atoms with Crippen molar-refractivity contribution < 1.29 is 22.6 Å². The van der Waals surface area contributed by atoms with Gasteiger partial charge in [0.1, 0.15) is 11.5 Å². The molecule has 1 aliphatic heterocycles. The van der Waals surface area contributed by atoms with Crippen LogP contribution >= 0.6 is 0 Å². The number of rotatable bonds is 7. The van der Waals surface area contributed by atoms with Crippen molar-refractivity contribution in [3.8, 4) is 11.5 Å². The average Bonchev–Trinajstić information content (AvgIpc) is 2.80. The number of halogens is 3. The number of methoxy groups -OCH3 is 1. The molecule has 4 nitrogen and oxygen atoms in total. The number of hydrogen-bond donors (Lipinski definition) is 1. The van der Waals surface area contributed by atoms with Crippen molar-refractivity contribution in [1.29, 1.82) is 0 Å². The Hall–Kier alpha value is -3.03. The molecule has 1 aliphatic rings. The fourth-order valence-corrected chi connectivity index (χ4v) is 4.50. The van der Waals surface area contributed by atoms with Crippen LogP contribution in [0.15, 0.2) is 78.9 Å². The molecule has 1 atom stereocenters. The van der Waals surface area contributed by atoms with E-state index >= 15 is 0 Å². The van der Waals surface area contributed by atoms with E-state index < -0.39 is 6.36 Å². The van der Waals surface area contributed by atoms with E-state index in [-0.39, 0.29) is 17.7 Å². The first-order valence-corrected chi connectivity index (χ1v) is 10.9. The molecule has 4 rings (SSSR count). The summed E-state index contributed by atoms with van der Waals surface area (Å²) in [7, 11) is 1.52. The zero-order chi connectivity index (χ0) is 23.3. The van der Waals surface area contributed by atoms with Gasteiger partial charge in [0.15, 0.2) is 0 Å². The minimum atomic E-state index is -4.73. The first-order valence-electron chi connectivity index (χ1n) is 10.9. The summed E-state index contributed by atoms with van der Waals surface area (Å²) in [5.74, 6) is 0.454. The van der Waals surface area contributed by atoms with Crippen LogP contribution in [0.2, 0.25) is 0 Å². The van der Waals surface area contributed by atoms with Crippen LogP contribution in [0.25, 0.3) is 0 Å². The van der Waals surface area contributed by atoms with E-state index in [0.717, 1.165) is 19.6 Å². The number of alkyl halides is 3. The Morgan fingerprint density at radius 1 is 0.970 bits per heavy atom. The highest BCUT2D eigenvalue weighted by Gasteiger charge is 2.32. The van der Waals surface area contributed by atoms with E-state index in [9.17, 15) is 13.2 Å². The summed E-state index contributed by atoms with van der Waals surface area (Å²) >= 11 is 0. The summed E-state index contributed by atoms with van der Waals surface area (Å²) in [6.07, 6.45) is -4.73. The van der Waals surface area contributed by atoms with Crippen LogP contribution in [0.1, 0.15) is 22.6 Å². The maximum atomic E-state index is 12.7. The molecule has 0 radical (unpaired) electrons. The van der Waals surface area contributed by atoms with Gasteiger partial charge in [-0.05, 0) is 29.3 Å². The van der Waals surface area contributed by atoms with Gasteiger partial charge in [-0.3, -0.25) is 4.90 Å². The Morgan fingerprint density at radius 3 is 2.18 bits per heavy atom. The minimum absolute atomic E-state index is 0.143. The lowest BCUT2D eigenvalue weighted by Gasteiger charge is -2.38. The molecule has 0 spiro atoms. The molecule has 0 aliphatic carbocycles. The van der Waals surface area contributed by atoms with Gasteiger partial charge in [0.2, 0.25) is 0 Å². The fraction of sp³-hybridized carbons (Fsp3) is 0.308. The molecule has 1 N–H and O–H groups in total. The van der Waals surface area contributed by atoms with E-state index in [4.69, 9.17) is 4.74 Å². The van der Waals surface area contributed by atoms with Crippen molar-refractivity contribution in [1.82, 2.24) is 10.2 Å². The summed E-state index contributed by atoms with van der Waals surface area (Å²) in [6, 6.07) is 25.1. The lowest BCUT2D eigenvalue weighted by molar-refractivity contribution is -0.274. The van der Waals surface area contributed by atoms with E-state index in [2.05, 4.69) is 39.2 Å². The molecule has 0 saturated carbocycles. The highest BCUT2D eigenvalue weighted by atomic mass is 19.4. The van der Waals surface area contributed by atoms with Crippen molar-refractivity contribution in [2.24, 2.45) is 0 Å². The van der Waals surface area contributed by atoms with Crippen molar-refractivity contribution in [3.05, 3.63) is 95.6 Å². The largest absolute Gasteiger partial charge is 0.573 e. The summed E-state index contributed by atoms with van der Waals surface area (Å²) in [4.78, 5) is 2.25. The molecule has 1 unspecified atom stereocenters. The van der Waals surface area contributed by atoms with Gasteiger partial charge in [0, 0.05) is 43.7 Å². The molecule has 33 heavy (non-hydrogen) atoms. The Morgan fingerprint density at radius 2 is 1.61 bits per heavy atom. The lowest BCUT2D eigenvalue weighted by atomic mass is 9.84. The van der Waals surface area contributed by atoms with Crippen LogP contribution in [-0.2, 0) is 6.54 Å². The number of nitrogens with zero attached hydrogens (tertiary/aromatic N) is 1. The summed E-state index contributed by atoms with van der Waals surface area (Å²) in [5.41, 5.74) is 3.11. The maximum Gasteiger partial charge on any atom is 0.573 e. The Bertz CT molecular complexity index is 989. The Labute approximate surface area is 191 Å². The van der Waals surface area contributed by atoms with Gasteiger partial charge in [-0.25, -0.2) is 0 Å². The Kier molecular flexibility index (Phi) is 7.20. The zero-order valence-corrected chi connectivity index (χ0v) is 18.4. The van der Waals surface area contributed by atoms with Gasteiger partial charge in [-0.2, -0.15) is 0 Å². The van der Waals surface area contributed by atoms with Crippen molar-refractivity contribution in [2.45, 2.75) is 24.9 Å².